The van der Waals surface area contributed by atoms with Gasteiger partial charge in [0.2, 0.25) is 0 Å². The fourth-order valence-electron chi connectivity index (χ4n) is 2.74. The van der Waals surface area contributed by atoms with Crippen molar-refractivity contribution in [2.75, 3.05) is 20.8 Å². The summed E-state index contributed by atoms with van der Waals surface area (Å²) in [5, 5.41) is 6.40. The molecule has 9 heteroatoms. The van der Waals surface area contributed by atoms with E-state index in [4.69, 9.17) is 15.2 Å². The van der Waals surface area contributed by atoms with Crippen LogP contribution in [-0.2, 0) is 13.0 Å². The van der Waals surface area contributed by atoms with Crippen LogP contribution in [0, 0.1) is 0 Å². The molecule has 3 rings (SSSR count). The number of thiazole rings is 1. The summed E-state index contributed by atoms with van der Waals surface area (Å²) < 4.78 is 10.7. The molecule has 7 nitrogen and oxygen atoms in total. The highest BCUT2D eigenvalue weighted by molar-refractivity contribution is 7.09. The van der Waals surface area contributed by atoms with Gasteiger partial charge >= 0.3 is 0 Å². The lowest BCUT2D eigenvalue weighted by Crippen LogP contribution is -2.25. The normalized spacial score (nSPS) is 10.5. The van der Waals surface area contributed by atoms with Gasteiger partial charge < -0.3 is 25.5 Å². The number of carbonyl (C=O) groups excluding carboxylic acids is 1. The van der Waals surface area contributed by atoms with Crippen molar-refractivity contribution in [3.05, 3.63) is 40.0 Å². The molecule has 0 saturated heterocycles. The molecule has 0 radical (unpaired) electrons. The van der Waals surface area contributed by atoms with E-state index < -0.39 is 0 Å². The van der Waals surface area contributed by atoms with Crippen molar-refractivity contribution in [3.63, 3.8) is 0 Å². The van der Waals surface area contributed by atoms with E-state index in [1.54, 1.807) is 19.6 Å². The predicted octanol–water partition coefficient (Wildman–Crippen LogP) is 2.88. The molecule has 0 fully saturated rings. The van der Waals surface area contributed by atoms with Gasteiger partial charge in [0.15, 0.2) is 0 Å². The summed E-state index contributed by atoms with van der Waals surface area (Å²) in [5.74, 6) is 1.36. The lowest BCUT2D eigenvalue weighted by atomic mass is 10.2. The van der Waals surface area contributed by atoms with Crippen molar-refractivity contribution >= 4 is 40.6 Å². The van der Waals surface area contributed by atoms with Crippen molar-refractivity contribution in [2.45, 2.75) is 19.4 Å². The molecule has 0 aliphatic heterocycles. The zero-order valence-electron chi connectivity index (χ0n) is 15.2. The Hall–Kier alpha value is -2.29. The van der Waals surface area contributed by atoms with E-state index >= 15 is 0 Å². The summed E-state index contributed by atoms with van der Waals surface area (Å²) in [6.07, 6.45) is 1.62. The van der Waals surface area contributed by atoms with E-state index in [0.29, 0.717) is 18.8 Å². The first-order chi connectivity index (χ1) is 12.6. The minimum absolute atomic E-state index is 0. The Morgan fingerprint density at radius 3 is 2.78 bits per heavy atom. The molecule has 1 aromatic carbocycles. The van der Waals surface area contributed by atoms with E-state index in [-0.39, 0.29) is 18.3 Å². The van der Waals surface area contributed by atoms with Crippen LogP contribution in [0.15, 0.2) is 23.6 Å². The number of fused-ring (bicyclic) bond motifs is 1. The van der Waals surface area contributed by atoms with Gasteiger partial charge in [-0.15, -0.1) is 23.7 Å². The predicted molar refractivity (Wildman–Crippen MR) is 109 cm³/mol. The Morgan fingerprint density at radius 1 is 1.30 bits per heavy atom. The molecule has 1 amide bonds. The van der Waals surface area contributed by atoms with E-state index in [0.717, 1.165) is 45.9 Å². The van der Waals surface area contributed by atoms with Gasteiger partial charge in [-0.05, 0) is 18.9 Å². The second-order valence-electron chi connectivity index (χ2n) is 5.78. The lowest BCUT2D eigenvalue weighted by Gasteiger charge is -2.04. The van der Waals surface area contributed by atoms with Crippen LogP contribution in [0.2, 0.25) is 0 Å². The molecule has 4 N–H and O–H groups in total. The number of H-pyrrole nitrogens is 1. The van der Waals surface area contributed by atoms with Crippen molar-refractivity contribution in [3.8, 4) is 11.5 Å². The first-order valence-corrected chi connectivity index (χ1v) is 9.19. The largest absolute Gasteiger partial charge is 0.497 e. The molecule has 2 heterocycles. The molecule has 27 heavy (non-hydrogen) atoms. The number of hydrogen-bond acceptors (Lipinski definition) is 6. The standard InChI is InChI=1S/C18H22N4O3S.ClH/c1-24-12-7-14-13(16(8-12)25-2)6-11(21-14)4-3-5-20-18(23)15-10-26-17(9-19)22-15;/h6-8,10,21H,3-5,9,19H2,1-2H3,(H,20,23);1H. The topological polar surface area (TPSA) is 102 Å². The van der Waals surface area contributed by atoms with Crippen LogP contribution in [-0.4, -0.2) is 36.6 Å². The maximum absolute atomic E-state index is 12.0. The fraction of sp³-hybridized carbons (Fsp3) is 0.333. The zero-order chi connectivity index (χ0) is 18.5. The first-order valence-electron chi connectivity index (χ1n) is 8.31. The minimum Gasteiger partial charge on any atom is -0.497 e. The van der Waals surface area contributed by atoms with Gasteiger partial charge in [-0.25, -0.2) is 4.98 Å². The summed E-state index contributed by atoms with van der Waals surface area (Å²) in [6.45, 7) is 0.927. The van der Waals surface area contributed by atoms with E-state index in [2.05, 4.69) is 21.4 Å². The van der Waals surface area contributed by atoms with Crippen LogP contribution in [0.4, 0.5) is 0 Å². The van der Waals surface area contributed by atoms with Gasteiger partial charge in [0.05, 0.1) is 19.7 Å². The Kier molecular flexibility index (Phi) is 7.46. The van der Waals surface area contributed by atoms with Gasteiger partial charge in [-0.2, -0.15) is 0 Å². The first kappa shape index (κ1) is 21.0. The van der Waals surface area contributed by atoms with Crippen LogP contribution in [0.5, 0.6) is 11.5 Å². The monoisotopic (exact) mass is 410 g/mol. The number of ether oxygens (including phenoxy) is 2. The van der Waals surface area contributed by atoms with Gasteiger partial charge in [-0.3, -0.25) is 4.79 Å². The van der Waals surface area contributed by atoms with Crippen LogP contribution in [0.3, 0.4) is 0 Å². The van der Waals surface area contributed by atoms with Crippen molar-refractivity contribution in [2.24, 2.45) is 5.73 Å². The molecule has 0 bridgehead atoms. The SMILES string of the molecule is COc1cc(OC)c2cc(CCCNC(=O)c3csc(CN)n3)[nH]c2c1.Cl. The van der Waals surface area contributed by atoms with Crippen molar-refractivity contribution in [1.82, 2.24) is 15.3 Å². The molecule has 2 aromatic heterocycles. The molecule has 0 atom stereocenters. The molecule has 3 aromatic rings. The number of halogens is 1. The molecular weight excluding hydrogens is 388 g/mol. The van der Waals surface area contributed by atoms with Crippen LogP contribution in [0.25, 0.3) is 10.9 Å². The van der Waals surface area contributed by atoms with Gasteiger partial charge in [0.25, 0.3) is 5.91 Å². The van der Waals surface area contributed by atoms with Crippen molar-refractivity contribution < 1.29 is 14.3 Å². The maximum atomic E-state index is 12.0. The Balaban J connectivity index is 0.00000261. The third-order valence-electron chi connectivity index (χ3n) is 4.05. The molecule has 146 valence electrons. The average Bonchev–Trinajstić information content (AvgIpc) is 3.30. The number of aryl methyl sites for hydroxylation is 1. The second kappa shape index (κ2) is 9.59. The highest BCUT2D eigenvalue weighted by Gasteiger charge is 2.11. The smallest absolute Gasteiger partial charge is 0.270 e. The molecule has 0 aliphatic carbocycles. The number of aromatic amines is 1. The number of hydrogen-bond donors (Lipinski definition) is 3. The fourth-order valence-corrected chi connectivity index (χ4v) is 3.39. The number of aromatic nitrogens is 2. The summed E-state index contributed by atoms with van der Waals surface area (Å²) in [6, 6.07) is 5.88. The van der Waals surface area contributed by atoms with Crippen molar-refractivity contribution in [1.29, 1.82) is 0 Å². The number of carbonyl (C=O) groups is 1. The summed E-state index contributed by atoms with van der Waals surface area (Å²) >= 11 is 1.40. The number of amides is 1. The molecule has 0 saturated carbocycles. The van der Waals surface area contributed by atoms with Crippen LogP contribution in [0.1, 0.15) is 27.6 Å². The Morgan fingerprint density at radius 2 is 2.11 bits per heavy atom. The molecule has 0 unspecified atom stereocenters. The van der Waals surface area contributed by atoms with E-state index in [9.17, 15) is 4.79 Å². The number of nitrogens with zero attached hydrogens (tertiary/aromatic N) is 1. The average molecular weight is 411 g/mol. The quantitative estimate of drug-likeness (QED) is 0.495. The molecule has 0 spiro atoms. The third kappa shape index (κ3) is 4.91. The van der Waals surface area contributed by atoms with Gasteiger partial charge in [-0.1, -0.05) is 0 Å². The van der Waals surface area contributed by atoms with E-state index in [1.807, 2.05) is 12.1 Å². The van der Waals surface area contributed by atoms with Crippen LogP contribution >= 0.6 is 23.7 Å². The Bertz CT molecular complexity index is 909. The van der Waals surface area contributed by atoms with Gasteiger partial charge in [0, 0.05) is 41.7 Å². The highest BCUT2D eigenvalue weighted by Crippen LogP contribution is 2.31. The summed E-state index contributed by atoms with van der Waals surface area (Å²) in [7, 11) is 3.27. The zero-order valence-corrected chi connectivity index (χ0v) is 16.8. The van der Waals surface area contributed by atoms with Gasteiger partial charge in [0.1, 0.15) is 22.2 Å². The Labute approximate surface area is 167 Å². The highest BCUT2D eigenvalue weighted by atomic mass is 35.5. The molecule has 0 aliphatic rings. The van der Waals surface area contributed by atoms with Crippen LogP contribution < -0.4 is 20.5 Å². The minimum atomic E-state index is -0.163. The number of nitrogens with two attached hydrogens (primary N) is 1. The number of methoxy groups -OCH3 is 2. The molecular formula is C18H23ClN4O3S. The second-order valence-corrected chi connectivity index (χ2v) is 6.72. The van der Waals surface area contributed by atoms with E-state index in [1.165, 1.54) is 11.3 Å². The number of nitrogens with one attached hydrogen (secondary N) is 2. The lowest BCUT2D eigenvalue weighted by molar-refractivity contribution is 0.0948. The summed E-state index contributed by atoms with van der Waals surface area (Å²) in [4.78, 5) is 19.6. The third-order valence-corrected chi connectivity index (χ3v) is 4.92. The summed E-state index contributed by atoms with van der Waals surface area (Å²) in [5.41, 5.74) is 8.00. The number of rotatable bonds is 8. The maximum Gasteiger partial charge on any atom is 0.270 e. The number of benzene rings is 1.